The number of nitrogens with zero attached hydrogens (tertiary/aromatic N) is 1. The van der Waals surface area contributed by atoms with Crippen molar-refractivity contribution in [1.29, 1.82) is 0 Å². The Bertz CT molecular complexity index is 484. The molecule has 0 aliphatic rings. The summed E-state index contributed by atoms with van der Waals surface area (Å²) in [6, 6.07) is 0.510. The second kappa shape index (κ2) is 5.72. The summed E-state index contributed by atoms with van der Waals surface area (Å²) in [6.45, 7) is 1.59. The van der Waals surface area contributed by atoms with Gasteiger partial charge >= 0.3 is 5.97 Å². The molecule has 7 heteroatoms. The number of pyridine rings is 1. The van der Waals surface area contributed by atoms with E-state index in [2.05, 4.69) is 15.0 Å². The van der Waals surface area contributed by atoms with Crippen LogP contribution in [-0.4, -0.2) is 23.5 Å². The van der Waals surface area contributed by atoms with Crippen LogP contribution in [0.5, 0.6) is 0 Å². The maximum atomic E-state index is 13.2. The van der Waals surface area contributed by atoms with E-state index in [9.17, 15) is 18.4 Å². The zero-order chi connectivity index (χ0) is 12.8. The highest BCUT2D eigenvalue weighted by atomic mass is 19.1. The summed E-state index contributed by atoms with van der Waals surface area (Å²) in [5.41, 5.74) is -0.933. The van der Waals surface area contributed by atoms with Crippen LogP contribution in [0.4, 0.5) is 14.5 Å². The Balaban J connectivity index is 2.89. The van der Waals surface area contributed by atoms with Gasteiger partial charge in [-0.3, -0.25) is 0 Å². The summed E-state index contributed by atoms with van der Waals surface area (Å²) in [7, 11) is 0. The summed E-state index contributed by atoms with van der Waals surface area (Å²) in [5, 5.41) is 2.12. The molecule has 0 aromatic carbocycles. The average Bonchev–Trinajstić information content (AvgIpc) is 2.28. The van der Waals surface area contributed by atoms with E-state index in [1.165, 1.54) is 5.94 Å². The number of carbonyl (C=O) groups excluding carboxylic acids is 2. The molecule has 0 spiro atoms. The number of nitrogens with one attached hydrogen (secondary N) is 1. The third-order valence-corrected chi connectivity index (χ3v) is 1.66. The number of hydrogen-bond acceptors (Lipinski definition) is 5. The fourth-order valence-corrected chi connectivity index (χ4v) is 0.956. The highest BCUT2D eigenvalue weighted by Gasteiger charge is 2.14. The summed E-state index contributed by atoms with van der Waals surface area (Å²) < 4.78 is 30.2. The monoisotopic (exact) mass is 242 g/mol. The van der Waals surface area contributed by atoms with Crippen molar-refractivity contribution in [3.05, 3.63) is 29.7 Å². The van der Waals surface area contributed by atoms with E-state index in [4.69, 9.17) is 0 Å². The summed E-state index contributed by atoms with van der Waals surface area (Å²) in [5.74, 6) is -1.71. The molecule has 1 heterocycles. The van der Waals surface area contributed by atoms with Gasteiger partial charge in [-0.1, -0.05) is 0 Å². The molecule has 5 nitrogen and oxygen atoms in total. The first-order valence-electron chi connectivity index (χ1n) is 4.58. The Hall–Kier alpha value is -2.27. The lowest BCUT2D eigenvalue weighted by atomic mass is 10.3. The number of carbonyl (C=O) groups is 1. The Morgan fingerprint density at radius 1 is 1.59 bits per heavy atom. The average molecular weight is 242 g/mol. The summed E-state index contributed by atoms with van der Waals surface area (Å²) >= 11 is 0. The number of hydrogen-bond donors (Lipinski definition) is 1. The molecule has 17 heavy (non-hydrogen) atoms. The Labute approximate surface area is 95.1 Å². The summed E-state index contributed by atoms with van der Waals surface area (Å²) in [6.07, 6.45) is 0.807. The molecule has 1 aromatic heterocycles. The molecule has 0 radical (unpaired) electrons. The topological polar surface area (TPSA) is 68.3 Å². The molecule has 0 atom stereocenters. The van der Waals surface area contributed by atoms with Gasteiger partial charge in [0.25, 0.3) is 0 Å². The quantitative estimate of drug-likeness (QED) is 0.370. The van der Waals surface area contributed by atoms with Crippen molar-refractivity contribution in [2.75, 3.05) is 11.9 Å². The van der Waals surface area contributed by atoms with Crippen LogP contribution in [0.2, 0.25) is 0 Å². The molecular weight excluding hydrogens is 234 g/mol. The lowest BCUT2D eigenvalue weighted by molar-refractivity contribution is -0.138. The standard InChI is InChI=1S/C10H8F2N2O3/c1-2-17-10(16)8(5-15)14-7-4-13-9(12)3-6(7)11/h3-4,14H,2H2,1H3. The molecule has 1 rings (SSSR count). The van der Waals surface area contributed by atoms with Gasteiger partial charge in [0, 0.05) is 6.07 Å². The Morgan fingerprint density at radius 3 is 2.82 bits per heavy atom. The molecule has 0 aliphatic heterocycles. The van der Waals surface area contributed by atoms with Gasteiger partial charge in [0.1, 0.15) is 0 Å². The predicted octanol–water partition coefficient (Wildman–Crippen LogP) is 1.05. The maximum absolute atomic E-state index is 13.2. The molecule has 0 amide bonds. The minimum absolute atomic E-state index is 0.0514. The fourth-order valence-electron chi connectivity index (χ4n) is 0.956. The molecule has 0 unspecified atom stereocenters. The van der Waals surface area contributed by atoms with Crippen LogP contribution in [0.1, 0.15) is 6.92 Å². The van der Waals surface area contributed by atoms with Crippen molar-refractivity contribution in [2.45, 2.75) is 6.92 Å². The molecule has 0 fully saturated rings. The van der Waals surface area contributed by atoms with E-state index in [-0.39, 0.29) is 12.3 Å². The normalized spacial score (nSPS) is 9.35. The molecule has 90 valence electrons. The largest absolute Gasteiger partial charge is 0.461 e. The minimum Gasteiger partial charge on any atom is -0.461 e. The maximum Gasteiger partial charge on any atom is 0.366 e. The number of rotatable bonds is 4. The van der Waals surface area contributed by atoms with Crippen molar-refractivity contribution in [1.82, 2.24) is 4.98 Å². The van der Waals surface area contributed by atoms with Crippen LogP contribution < -0.4 is 5.32 Å². The Kier molecular flexibility index (Phi) is 4.30. The molecule has 0 bridgehead atoms. The second-order valence-corrected chi connectivity index (χ2v) is 2.81. The van der Waals surface area contributed by atoms with Crippen molar-refractivity contribution in [3.8, 4) is 0 Å². The van der Waals surface area contributed by atoms with Gasteiger partial charge in [0.2, 0.25) is 11.6 Å². The highest BCUT2D eigenvalue weighted by Crippen LogP contribution is 2.14. The minimum atomic E-state index is -1.01. The molecule has 0 aliphatic carbocycles. The number of halogens is 2. The van der Waals surface area contributed by atoms with Gasteiger partial charge in [-0.2, -0.15) is 4.39 Å². The number of aromatic nitrogens is 1. The third kappa shape index (κ3) is 3.35. The fraction of sp³-hybridized carbons (Fsp3) is 0.200. The molecule has 1 aromatic rings. The van der Waals surface area contributed by atoms with Gasteiger partial charge in [-0.05, 0) is 6.92 Å². The van der Waals surface area contributed by atoms with Gasteiger partial charge < -0.3 is 10.1 Å². The number of ether oxygens (including phenoxy) is 1. The molecule has 0 saturated heterocycles. The van der Waals surface area contributed by atoms with Gasteiger partial charge in [0.05, 0.1) is 18.5 Å². The first kappa shape index (κ1) is 12.8. The second-order valence-electron chi connectivity index (χ2n) is 2.81. The SMILES string of the molecule is CCOC(=O)C(=C=O)Nc1cnc(F)cc1F. The third-order valence-electron chi connectivity index (χ3n) is 1.66. The van der Waals surface area contributed by atoms with Crippen molar-refractivity contribution >= 4 is 17.6 Å². The number of esters is 1. The van der Waals surface area contributed by atoms with E-state index in [0.29, 0.717) is 6.07 Å². The highest BCUT2D eigenvalue weighted by molar-refractivity contribution is 5.99. The van der Waals surface area contributed by atoms with E-state index in [0.717, 1.165) is 6.20 Å². The smallest absolute Gasteiger partial charge is 0.366 e. The van der Waals surface area contributed by atoms with Crippen LogP contribution in [0, 0.1) is 11.8 Å². The first-order valence-corrected chi connectivity index (χ1v) is 4.58. The van der Waals surface area contributed by atoms with Gasteiger partial charge in [-0.15, -0.1) is 0 Å². The van der Waals surface area contributed by atoms with Gasteiger partial charge in [-0.25, -0.2) is 19.0 Å². The van der Waals surface area contributed by atoms with Crippen LogP contribution in [-0.2, 0) is 14.3 Å². The Morgan fingerprint density at radius 2 is 2.29 bits per heavy atom. The van der Waals surface area contributed by atoms with E-state index in [1.807, 2.05) is 0 Å². The molecule has 0 saturated carbocycles. The van der Waals surface area contributed by atoms with Crippen LogP contribution in [0.15, 0.2) is 18.0 Å². The predicted molar refractivity (Wildman–Crippen MR) is 53.6 cm³/mol. The zero-order valence-electron chi connectivity index (χ0n) is 8.79. The van der Waals surface area contributed by atoms with Crippen molar-refractivity contribution in [2.24, 2.45) is 0 Å². The lowest BCUT2D eigenvalue weighted by Crippen LogP contribution is -2.16. The lowest BCUT2D eigenvalue weighted by Gasteiger charge is -2.06. The number of anilines is 1. The molecule has 1 N–H and O–H groups in total. The first-order chi connectivity index (χ1) is 8.08. The summed E-state index contributed by atoms with van der Waals surface area (Å²) in [4.78, 5) is 24.8. The zero-order valence-corrected chi connectivity index (χ0v) is 8.79. The van der Waals surface area contributed by atoms with Crippen LogP contribution >= 0.6 is 0 Å². The van der Waals surface area contributed by atoms with Crippen molar-refractivity contribution in [3.63, 3.8) is 0 Å². The van der Waals surface area contributed by atoms with E-state index >= 15 is 0 Å². The van der Waals surface area contributed by atoms with E-state index in [1.54, 1.807) is 6.92 Å². The van der Waals surface area contributed by atoms with Crippen LogP contribution in [0.3, 0.4) is 0 Å². The van der Waals surface area contributed by atoms with Crippen molar-refractivity contribution < 1.29 is 23.1 Å². The van der Waals surface area contributed by atoms with E-state index < -0.39 is 23.4 Å². The molecular formula is C10H8F2N2O3. The van der Waals surface area contributed by atoms with Gasteiger partial charge in [0.15, 0.2) is 11.8 Å². The van der Waals surface area contributed by atoms with Crippen LogP contribution in [0.25, 0.3) is 0 Å².